The molecule has 0 unspecified atom stereocenters. The van der Waals surface area contributed by atoms with Gasteiger partial charge in [0, 0.05) is 30.4 Å². The van der Waals surface area contributed by atoms with Crippen LogP contribution < -0.4 is 0 Å². The normalized spacial score (nSPS) is 23.4. The van der Waals surface area contributed by atoms with Crippen LogP contribution in [0.25, 0.3) is 0 Å². The molecule has 2 aromatic heterocycles. The smallest absolute Gasteiger partial charge is 0.233 e. The van der Waals surface area contributed by atoms with Crippen LogP contribution in [0.15, 0.2) is 22.7 Å². The van der Waals surface area contributed by atoms with Crippen molar-refractivity contribution in [3.8, 4) is 0 Å². The van der Waals surface area contributed by atoms with E-state index in [-0.39, 0.29) is 18.1 Å². The summed E-state index contributed by atoms with van der Waals surface area (Å²) in [6.07, 6.45) is 7.18. The standard InChI is InChI=1S/C21H30N4O2S2/c1-15-12-24(13-16(2)27-15)20(26)14-29-21-23-22-19(11-18-9-6-10-28-18)25(21)17-7-4-3-5-8-17/h6,9-10,15-17H,3-5,7-8,11-14H2,1-2H3/t15-,16-/m0/s1. The van der Waals surface area contributed by atoms with Crippen LogP contribution >= 0.6 is 23.1 Å². The van der Waals surface area contributed by atoms with E-state index < -0.39 is 0 Å². The van der Waals surface area contributed by atoms with Crippen molar-refractivity contribution < 1.29 is 9.53 Å². The number of nitrogens with zero attached hydrogens (tertiary/aromatic N) is 4. The van der Waals surface area contributed by atoms with Crippen molar-refractivity contribution in [2.24, 2.45) is 0 Å². The number of amides is 1. The highest BCUT2D eigenvalue weighted by molar-refractivity contribution is 7.99. The summed E-state index contributed by atoms with van der Waals surface area (Å²) < 4.78 is 8.09. The predicted octanol–water partition coefficient (Wildman–Crippen LogP) is 4.16. The molecule has 158 valence electrons. The molecule has 2 aromatic rings. The van der Waals surface area contributed by atoms with Crippen LogP contribution in [-0.4, -0.2) is 56.6 Å². The van der Waals surface area contributed by atoms with Crippen LogP contribution in [0, 0.1) is 0 Å². The Kier molecular flexibility index (Phi) is 6.92. The summed E-state index contributed by atoms with van der Waals surface area (Å²) in [6.45, 7) is 5.39. The maximum absolute atomic E-state index is 12.8. The van der Waals surface area contributed by atoms with Gasteiger partial charge in [0.2, 0.25) is 5.91 Å². The Labute approximate surface area is 181 Å². The van der Waals surface area contributed by atoms with Gasteiger partial charge in [-0.2, -0.15) is 0 Å². The Morgan fingerprint density at radius 3 is 2.66 bits per heavy atom. The second kappa shape index (κ2) is 9.62. The average molecular weight is 435 g/mol. The number of morpholine rings is 1. The first-order chi connectivity index (χ1) is 14.1. The van der Waals surface area contributed by atoms with E-state index in [4.69, 9.17) is 4.74 Å². The molecule has 4 rings (SSSR count). The van der Waals surface area contributed by atoms with Crippen molar-refractivity contribution in [2.45, 2.75) is 75.8 Å². The molecule has 1 aliphatic carbocycles. The third-order valence-electron chi connectivity index (χ3n) is 5.68. The molecule has 0 N–H and O–H groups in total. The van der Waals surface area contributed by atoms with Gasteiger partial charge in [0.1, 0.15) is 5.82 Å². The summed E-state index contributed by atoms with van der Waals surface area (Å²) in [5, 5.41) is 12.0. The molecule has 1 saturated carbocycles. The summed E-state index contributed by atoms with van der Waals surface area (Å²) in [6, 6.07) is 4.69. The summed E-state index contributed by atoms with van der Waals surface area (Å²) in [7, 11) is 0. The van der Waals surface area contributed by atoms with Gasteiger partial charge in [0.15, 0.2) is 5.16 Å². The van der Waals surface area contributed by atoms with E-state index in [1.807, 2.05) is 18.7 Å². The minimum absolute atomic E-state index is 0.0935. The second-order valence-electron chi connectivity index (χ2n) is 8.16. The first kappa shape index (κ1) is 20.9. The maximum atomic E-state index is 12.8. The molecule has 3 heterocycles. The number of hydrogen-bond donors (Lipinski definition) is 0. The molecule has 0 bridgehead atoms. The largest absolute Gasteiger partial charge is 0.372 e. The number of aromatic nitrogens is 3. The van der Waals surface area contributed by atoms with E-state index >= 15 is 0 Å². The number of carbonyl (C=O) groups excluding carboxylic acids is 1. The van der Waals surface area contributed by atoms with Crippen molar-refractivity contribution in [3.63, 3.8) is 0 Å². The quantitative estimate of drug-likeness (QED) is 0.639. The van der Waals surface area contributed by atoms with E-state index in [9.17, 15) is 4.79 Å². The molecule has 0 aromatic carbocycles. The molecule has 1 aliphatic heterocycles. The van der Waals surface area contributed by atoms with Gasteiger partial charge in [-0.25, -0.2) is 0 Å². The highest BCUT2D eigenvalue weighted by Crippen LogP contribution is 2.33. The fraction of sp³-hybridized carbons (Fsp3) is 0.667. The summed E-state index contributed by atoms with van der Waals surface area (Å²) in [5.41, 5.74) is 0. The SMILES string of the molecule is C[C@H]1CN(C(=O)CSc2nnc(Cc3cccs3)n2C2CCCCC2)C[C@H](C)O1. The first-order valence-electron chi connectivity index (χ1n) is 10.6. The van der Waals surface area contributed by atoms with Gasteiger partial charge in [-0.15, -0.1) is 21.5 Å². The second-order valence-corrected chi connectivity index (χ2v) is 10.1. The van der Waals surface area contributed by atoms with Crippen molar-refractivity contribution in [2.75, 3.05) is 18.8 Å². The van der Waals surface area contributed by atoms with Gasteiger partial charge in [-0.05, 0) is 38.1 Å². The molecule has 8 heteroatoms. The Bertz CT molecular complexity index is 792. The van der Waals surface area contributed by atoms with Crippen molar-refractivity contribution in [1.82, 2.24) is 19.7 Å². The fourth-order valence-electron chi connectivity index (χ4n) is 4.40. The molecule has 2 fully saturated rings. The van der Waals surface area contributed by atoms with E-state index in [2.05, 4.69) is 32.3 Å². The topological polar surface area (TPSA) is 60.2 Å². The molecule has 0 spiro atoms. The minimum atomic E-state index is 0.0935. The van der Waals surface area contributed by atoms with Crippen molar-refractivity contribution >= 4 is 29.0 Å². The third-order valence-corrected chi connectivity index (χ3v) is 7.49. The fourth-order valence-corrected chi connectivity index (χ4v) is 6.03. The van der Waals surface area contributed by atoms with E-state index in [1.165, 1.54) is 48.7 Å². The third kappa shape index (κ3) is 5.22. The number of thioether (sulfide) groups is 1. The lowest BCUT2D eigenvalue weighted by molar-refractivity contribution is -0.140. The van der Waals surface area contributed by atoms with Crippen LogP contribution in [0.4, 0.5) is 0 Å². The minimum Gasteiger partial charge on any atom is -0.372 e. The molecule has 2 atom stereocenters. The highest BCUT2D eigenvalue weighted by Gasteiger charge is 2.27. The van der Waals surface area contributed by atoms with Gasteiger partial charge in [0.05, 0.1) is 18.0 Å². The Hall–Kier alpha value is -1.38. The number of thiophene rings is 1. The number of rotatable bonds is 6. The van der Waals surface area contributed by atoms with Gasteiger partial charge >= 0.3 is 0 Å². The van der Waals surface area contributed by atoms with Crippen LogP contribution in [0.2, 0.25) is 0 Å². The molecular weight excluding hydrogens is 404 g/mol. The first-order valence-corrected chi connectivity index (χ1v) is 12.5. The number of hydrogen-bond acceptors (Lipinski definition) is 6. The average Bonchev–Trinajstić information content (AvgIpc) is 3.36. The van der Waals surface area contributed by atoms with Gasteiger partial charge in [-0.3, -0.25) is 4.79 Å². The molecule has 0 radical (unpaired) electrons. The summed E-state index contributed by atoms with van der Waals surface area (Å²) >= 11 is 3.30. The monoisotopic (exact) mass is 434 g/mol. The van der Waals surface area contributed by atoms with Gasteiger partial charge in [0.25, 0.3) is 0 Å². The Balaban J connectivity index is 1.47. The van der Waals surface area contributed by atoms with Crippen LogP contribution in [0.5, 0.6) is 0 Å². The Morgan fingerprint density at radius 2 is 1.97 bits per heavy atom. The molecule has 29 heavy (non-hydrogen) atoms. The zero-order valence-corrected chi connectivity index (χ0v) is 18.9. The molecule has 1 amide bonds. The van der Waals surface area contributed by atoms with E-state index in [0.717, 1.165) is 17.4 Å². The zero-order chi connectivity index (χ0) is 20.2. The van der Waals surface area contributed by atoms with E-state index in [0.29, 0.717) is 24.9 Å². The van der Waals surface area contributed by atoms with Crippen molar-refractivity contribution in [3.05, 3.63) is 28.2 Å². The van der Waals surface area contributed by atoms with Crippen molar-refractivity contribution in [1.29, 1.82) is 0 Å². The zero-order valence-electron chi connectivity index (χ0n) is 17.2. The molecule has 6 nitrogen and oxygen atoms in total. The van der Waals surface area contributed by atoms with Crippen LogP contribution in [0.3, 0.4) is 0 Å². The lowest BCUT2D eigenvalue weighted by Crippen LogP contribution is -2.48. The van der Waals surface area contributed by atoms with Gasteiger partial charge in [-0.1, -0.05) is 37.1 Å². The maximum Gasteiger partial charge on any atom is 0.233 e. The summed E-state index contributed by atoms with van der Waals surface area (Å²) in [4.78, 5) is 16.0. The number of ether oxygens (including phenoxy) is 1. The molecule has 2 aliphatic rings. The van der Waals surface area contributed by atoms with E-state index in [1.54, 1.807) is 11.3 Å². The number of carbonyl (C=O) groups is 1. The van der Waals surface area contributed by atoms with Crippen LogP contribution in [-0.2, 0) is 16.0 Å². The lowest BCUT2D eigenvalue weighted by Gasteiger charge is -2.35. The highest BCUT2D eigenvalue weighted by atomic mass is 32.2. The lowest BCUT2D eigenvalue weighted by atomic mass is 9.95. The molecular formula is C21H30N4O2S2. The summed E-state index contributed by atoms with van der Waals surface area (Å²) in [5.74, 6) is 1.60. The van der Waals surface area contributed by atoms with Gasteiger partial charge < -0.3 is 14.2 Å². The Morgan fingerprint density at radius 1 is 1.21 bits per heavy atom. The predicted molar refractivity (Wildman–Crippen MR) is 117 cm³/mol. The molecule has 1 saturated heterocycles. The van der Waals surface area contributed by atoms with Crippen LogP contribution in [0.1, 0.15) is 62.7 Å².